The van der Waals surface area contributed by atoms with Gasteiger partial charge in [0.2, 0.25) is 0 Å². The van der Waals surface area contributed by atoms with Crippen molar-refractivity contribution in [2.75, 3.05) is 5.73 Å². The minimum absolute atomic E-state index is 0.265. The highest BCUT2D eigenvalue weighted by molar-refractivity contribution is 5.69. The molecule has 0 saturated carbocycles. The number of rotatable bonds is 3. The van der Waals surface area contributed by atoms with Gasteiger partial charge in [-0.3, -0.25) is 4.68 Å². The maximum Gasteiger partial charge on any atom is 0.131 e. The molecule has 0 aliphatic heterocycles. The van der Waals surface area contributed by atoms with Crippen LogP contribution in [0.15, 0.2) is 24.4 Å². The standard InChI is InChI=1S/C13H16FN3/c1-3-6-17-8-12(9(2)16-17)11-7-10(15)4-5-13(11)14/h4-5,7-8H,3,6,15H2,1-2H3. The van der Waals surface area contributed by atoms with Gasteiger partial charge < -0.3 is 5.73 Å². The van der Waals surface area contributed by atoms with Crippen molar-refractivity contribution < 1.29 is 4.39 Å². The second kappa shape index (κ2) is 4.57. The molecule has 3 nitrogen and oxygen atoms in total. The molecule has 1 aromatic carbocycles. The van der Waals surface area contributed by atoms with Crippen molar-refractivity contribution in [3.63, 3.8) is 0 Å². The molecule has 17 heavy (non-hydrogen) atoms. The summed E-state index contributed by atoms with van der Waals surface area (Å²) in [5.74, 6) is -0.265. The molecule has 2 aromatic rings. The third-order valence-electron chi connectivity index (χ3n) is 2.68. The zero-order chi connectivity index (χ0) is 12.4. The van der Waals surface area contributed by atoms with Crippen molar-refractivity contribution in [3.05, 3.63) is 35.9 Å². The summed E-state index contributed by atoms with van der Waals surface area (Å²) in [7, 11) is 0. The molecule has 1 heterocycles. The molecule has 0 radical (unpaired) electrons. The normalized spacial score (nSPS) is 10.8. The minimum atomic E-state index is -0.265. The number of halogens is 1. The van der Waals surface area contributed by atoms with Crippen molar-refractivity contribution in [2.24, 2.45) is 0 Å². The number of nitrogens with zero attached hydrogens (tertiary/aromatic N) is 2. The molecule has 0 amide bonds. The van der Waals surface area contributed by atoms with Crippen LogP contribution < -0.4 is 5.73 Å². The van der Waals surface area contributed by atoms with E-state index in [4.69, 9.17) is 5.73 Å². The predicted molar refractivity (Wildman–Crippen MR) is 67.1 cm³/mol. The Morgan fingerprint density at radius 1 is 1.35 bits per heavy atom. The molecular formula is C13H16FN3. The van der Waals surface area contributed by atoms with Gasteiger partial charge in [0.15, 0.2) is 0 Å². The smallest absolute Gasteiger partial charge is 0.131 e. The van der Waals surface area contributed by atoms with Gasteiger partial charge >= 0.3 is 0 Å². The van der Waals surface area contributed by atoms with Gasteiger partial charge in [-0.05, 0) is 31.5 Å². The maximum atomic E-state index is 13.7. The Kier molecular flexibility index (Phi) is 3.13. The average molecular weight is 233 g/mol. The Balaban J connectivity index is 2.48. The summed E-state index contributed by atoms with van der Waals surface area (Å²) in [4.78, 5) is 0. The van der Waals surface area contributed by atoms with Crippen LogP contribution >= 0.6 is 0 Å². The molecule has 0 atom stereocenters. The second-order valence-electron chi connectivity index (χ2n) is 4.13. The number of nitrogens with two attached hydrogens (primary N) is 1. The van der Waals surface area contributed by atoms with Crippen LogP contribution in [0, 0.1) is 12.7 Å². The summed E-state index contributed by atoms with van der Waals surface area (Å²) in [6.07, 6.45) is 2.87. The first-order chi connectivity index (χ1) is 8.11. The van der Waals surface area contributed by atoms with E-state index in [1.54, 1.807) is 12.1 Å². The van der Waals surface area contributed by atoms with Crippen LogP contribution in [-0.4, -0.2) is 9.78 Å². The Labute approximate surface area is 100 Å². The first-order valence-corrected chi connectivity index (χ1v) is 5.71. The molecule has 4 heteroatoms. The molecule has 1 aromatic heterocycles. The Hall–Kier alpha value is -1.84. The molecular weight excluding hydrogens is 217 g/mol. The number of aryl methyl sites for hydroxylation is 2. The lowest BCUT2D eigenvalue weighted by Crippen LogP contribution is -1.96. The van der Waals surface area contributed by atoms with Crippen LogP contribution in [0.1, 0.15) is 19.0 Å². The van der Waals surface area contributed by atoms with E-state index in [2.05, 4.69) is 12.0 Å². The molecule has 0 aliphatic rings. The van der Waals surface area contributed by atoms with Crippen molar-refractivity contribution >= 4 is 5.69 Å². The van der Waals surface area contributed by atoms with E-state index in [1.807, 2.05) is 17.8 Å². The van der Waals surface area contributed by atoms with Gasteiger partial charge in [0, 0.05) is 29.6 Å². The fraction of sp³-hybridized carbons (Fsp3) is 0.308. The predicted octanol–water partition coefficient (Wildman–Crippen LogP) is 2.99. The summed E-state index contributed by atoms with van der Waals surface area (Å²) in [6.45, 7) is 4.80. The molecule has 0 spiro atoms. The number of hydrogen-bond donors (Lipinski definition) is 1. The van der Waals surface area contributed by atoms with Crippen molar-refractivity contribution in [3.8, 4) is 11.1 Å². The minimum Gasteiger partial charge on any atom is -0.399 e. The van der Waals surface area contributed by atoms with E-state index in [0.717, 1.165) is 24.2 Å². The Morgan fingerprint density at radius 3 is 2.82 bits per heavy atom. The van der Waals surface area contributed by atoms with Crippen LogP contribution in [0.5, 0.6) is 0 Å². The van der Waals surface area contributed by atoms with Crippen LogP contribution in [0.4, 0.5) is 10.1 Å². The zero-order valence-corrected chi connectivity index (χ0v) is 10.1. The van der Waals surface area contributed by atoms with Crippen LogP contribution in [0.25, 0.3) is 11.1 Å². The molecule has 0 unspecified atom stereocenters. The molecule has 0 fully saturated rings. The molecule has 0 aliphatic carbocycles. The second-order valence-corrected chi connectivity index (χ2v) is 4.13. The van der Waals surface area contributed by atoms with Gasteiger partial charge in [0.1, 0.15) is 5.82 Å². The van der Waals surface area contributed by atoms with Gasteiger partial charge in [-0.1, -0.05) is 6.92 Å². The highest BCUT2D eigenvalue weighted by Gasteiger charge is 2.11. The molecule has 90 valence electrons. The summed E-state index contributed by atoms with van der Waals surface area (Å²) in [5, 5.41) is 4.36. The number of nitrogen functional groups attached to an aromatic ring is 1. The summed E-state index contributed by atoms with van der Waals surface area (Å²) in [6, 6.07) is 4.60. The van der Waals surface area contributed by atoms with Crippen molar-refractivity contribution in [2.45, 2.75) is 26.8 Å². The van der Waals surface area contributed by atoms with E-state index in [9.17, 15) is 4.39 Å². The lowest BCUT2D eigenvalue weighted by molar-refractivity contribution is 0.598. The zero-order valence-electron chi connectivity index (χ0n) is 10.1. The quantitative estimate of drug-likeness (QED) is 0.828. The first kappa shape index (κ1) is 11.6. The number of hydrogen-bond acceptors (Lipinski definition) is 2. The molecule has 0 bridgehead atoms. The van der Waals surface area contributed by atoms with E-state index < -0.39 is 0 Å². The van der Waals surface area contributed by atoms with Crippen LogP contribution in [0.2, 0.25) is 0 Å². The van der Waals surface area contributed by atoms with Gasteiger partial charge in [0.25, 0.3) is 0 Å². The van der Waals surface area contributed by atoms with E-state index in [1.165, 1.54) is 6.07 Å². The summed E-state index contributed by atoms with van der Waals surface area (Å²) >= 11 is 0. The van der Waals surface area contributed by atoms with Gasteiger partial charge in [-0.2, -0.15) is 5.10 Å². The van der Waals surface area contributed by atoms with E-state index >= 15 is 0 Å². The monoisotopic (exact) mass is 233 g/mol. The van der Waals surface area contributed by atoms with E-state index in [-0.39, 0.29) is 5.82 Å². The van der Waals surface area contributed by atoms with Crippen molar-refractivity contribution in [1.29, 1.82) is 0 Å². The fourth-order valence-corrected chi connectivity index (χ4v) is 1.88. The maximum absolute atomic E-state index is 13.7. The first-order valence-electron chi connectivity index (χ1n) is 5.71. The van der Waals surface area contributed by atoms with Crippen LogP contribution in [-0.2, 0) is 6.54 Å². The highest BCUT2D eigenvalue weighted by atomic mass is 19.1. The van der Waals surface area contributed by atoms with Crippen LogP contribution in [0.3, 0.4) is 0 Å². The number of aromatic nitrogens is 2. The summed E-state index contributed by atoms with van der Waals surface area (Å²) < 4.78 is 15.6. The van der Waals surface area contributed by atoms with Gasteiger partial charge in [0.05, 0.1) is 5.69 Å². The average Bonchev–Trinajstić information content (AvgIpc) is 2.64. The SMILES string of the molecule is CCCn1cc(-c2cc(N)ccc2F)c(C)n1. The highest BCUT2D eigenvalue weighted by Crippen LogP contribution is 2.27. The number of anilines is 1. The molecule has 2 rings (SSSR count). The van der Waals surface area contributed by atoms with E-state index in [0.29, 0.717) is 11.3 Å². The fourth-order valence-electron chi connectivity index (χ4n) is 1.88. The van der Waals surface area contributed by atoms with Crippen molar-refractivity contribution in [1.82, 2.24) is 9.78 Å². The number of benzene rings is 1. The third kappa shape index (κ3) is 2.30. The van der Waals surface area contributed by atoms with Gasteiger partial charge in [-0.15, -0.1) is 0 Å². The largest absolute Gasteiger partial charge is 0.399 e. The Bertz CT molecular complexity index is 531. The van der Waals surface area contributed by atoms with Gasteiger partial charge in [-0.25, -0.2) is 4.39 Å². The topological polar surface area (TPSA) is 43.8 Å². The lowest BCUT2D eigenvalue weighted by atomic mass is 10.1. The molecule has 0 saturated heterocycles. The molecule has 2 N–H and O–H groups in total. The summed E-state index contributed by atoms with van der Waals surface area (Å²) in [5.41, 5.74) is 8.39. The Morgan fingerprint density at radius 2 is 2.12 bits per heavy atom. The third-order valence-corrected chi connectivity index (χ3v) is 2.68. The lowest BCUT2D eigenvalue weighted by Gasteiger charge is -2.02.